The minimum atomic E-state index is -0.0584. The summed E-state index contributed by atoms with van der Waals surface area (Å²) < 4.78 is 0. The van der Waals surface area contributed by atoms with E-state index in [4.69, 9.17) is 0 Å². The standard InChI is InChI=1S/C21H23N3O2/c1-14-5-4-6-18(15(14)2)13-24(3)20(26)10-7-16-11-17-8-9-19(25)23-21(17)22-12-16/h4-7,10-12H,8-9,13H2,1-3H3,(H,22,23,25). The van der Waals surface area contributed by atoms with Crippen molar-refractivity contribution in [2.45, 2.75) is 33.2 Å². The molecule has 1 aliphatic rings. The first-order valence-corrected chi connectivity index (χ1v) is 8.71. The second-order valence-corrected chi connectivity index (χ2v) is 6.71. The molecule has 1 aliphatic heterocycles. The highest BCUT2D eigenvalue weighted by atomic mass is 16.2. The highest BCUT2D eigenvalue weighted by molar-refractivity contribution is 5.93. The largest absolute Gasteiger partial charge is 0.338 e. The fourth-order valence-corrected chi connectivity index (χ4v) is 2.98. The summed E-state index contributed by atoms with van der Waals surface area (Å²) in [4.78, 5) is 29.8. The summed E-state index contributed by atoms with van der Waals surface area (Å²) in [6, 6.07) is 8.11. The third kappa shape index (κ3) is 3.99. The van der Waals surface area contributed by atoms with Gasteiger partial charge in [0.1, 0.15) is 5.82 Å². The predicted molar refractivity (Wildman–Crippen MR) is 103 cm³/mol. The Morgan fingerprint density at radius 1 is 1.31 bits per heavy atom. The number of aromatic nitrogens is 1. The third-order valence-corrected chi connectivity index (χ3v) is 4.79. The topological polar surface area (TPSA) is 62.3 Å². The van der Waals surface area contributed by atoms with Crippen LogP contribution in [0.15, 0.2) is 36.5 Å². The Morgan fingerprint density at radius 3 is 2.92 bits per heavy atom. The molecule has 2 heterocycles. The summed E-state index contributed by atoms with van der Waals surface area (Å²) in [5.41, 5.74) is 5.46. The summed E-state index contributed by atoms with van der Waals surface area (Å²) in [6.07, 6.45) is 6.15. The van der Waals surface area contributed by atoms with Crippen molar-refractivity contribution >= 4 is 23.7 Å². The first-order chi connectivity index (χ1) is 12.4. The molecule has 2 amide bonds. The molecule has 0 saturated heterocycles. The zero-order valence-electron chi connectivity index (χ0n) is 15.4. The number of hydrogen-bond acceptors (Lipinski definition) is 3. The fraction of sp³-hybridized carbons (Fsp3) is 0.286. The molecule has 0 aliphatic carbocycles. The van der Waals surface area contributed by atoms with Gasteiger partial charge >= 0.3 is 0 Å². The molecule has 1 aromatic carbocycles. The monoisotopic (exact) mass is 349 g/mol. The molecular formula is C21H23N3O2. The van der Waals surface area contributed by atoms with Crippen molar-refractivity contribution in [1.29, 1.82) is 0 Å². The summed E-state index contributed by atoms with van der Waals surface area (Å²) >= 11 is 0. The van der Waals surface area contributed by atoms with Crippen molar-refractivity contribution < 1.29 is 9.59 Å². The van der Waals surface area contributed by atoms with E-state index >= 15 is 0 Å². The predicted octanol–water partition coefficient (Wildman–Crippen LogP) is 3.25. The molecule has 0 saturated carbocycles. The molecule has 0 unspecified atom stereocenters. The van der Waals surface area contributed by atoms with Gasteiger partial charge in [-0.25, -0.2) is 4.98 Å². The van der Waals surface area contributed by atoms with Crippen LogP contribution in [0.25, 0.3) is 6.08 Å². The summed E-state index contributed by atoms with van der Waals surface area (Å²) in [6.45, 7) is 4.73. The van der Waals surface area contributed by atoms with Crippen LogP contribution in [0.4, 0.5) is 5.82 Å². The van der Waals surface area contributed by atoms with Gasteiger partial charge in [-0.3, -0.25) is 9.59 Å². The number of pyridine rings is 1. The van der Waals surface area contributed by atoms with Gasteiger partial charge in [0.25, 0.3) is 0 Å². The molecule has 1 N–H and O–H groups in total. The molecule has 134 valence electrons. The van der Waals surface area contributed by atoms with Gasteiger partial charge < -0.3 is 10.2 Å². The Balaban J connectivity index is 1.67. The molecule has 1 aromatic heterocycles. The smallest absolute Gasteiger partial charge is 0.246 e. The number of anilines is 1. The van der Waals surface area contributed by atoms with Gasteiger partial charge in [-0.05, 0) is 60.2 Å². The maximum atomic E-state index is 12.4. The van der Waals surface area contributed by atoms with Crippen LogP contribution in [0.2, 0.25) is 0 Å². The SMILES string of the molecule is Cc1cccc(CN(C)C(=O)C=Cc2cnc3c(c2)CCC(=O)N3)c1C. The number of nitrogens with zero attached hydrogens (tertiary/aromatic N) is 2. The number of rotatable bonds is 4. The second kappa shape index (κ2) is 7.52. The first kappa shape index (κ1) is 17.9. The highest BCUT2D eigenvalue weighted by Crippen LogP contribution is 2.21. The Morgan fingerprint density at radius 2 is 2.12 bits per heavy atom. The van der Waals surface area contributed by atoms with Crippen LogP contribution in [0, 0.1) is 13.8 Å². The minimum Gasteiger partial charge on any atom is -0.338 e. The van der Waals surface area contributed by atoms with Crippen LogP contribution < -0.4 is 5.32 Å². The molecule has 5 nitrogen and oxygen atoms in total. The number of carbonyl (C=O) groups is 2. The lowest BCUT2D eigenvalue weighted by molar-refractivity contribution is -0.125. The van der Waals surface area contributed by atoms with E-state index in [1.165, 1.54) is 11.1 Å². The highest BCUT2D eigenvalue weighted by Gasteiger charge is 2.15. The fourth-order valence-electron chi connectivity index (χ4n) is 2.98. The Labute approximate surface area is 153 Å². The number of benzene rings is 1. The van der Waals surface area contributed by atoms with E-state index in [1.54, 1.807) is 30.3 Å². The van der Waals surface area contributed by atoms with Crippen LogP contribution in [-0.2, 0) is 22.6 Å². The number of nitrogens with one attached hydrogen (secondary N) is 1. The van der Waals surface area contributed by atoms with Crippen LogP contribution in [-0.4, -0.2) is 28.7 Å². The van der Waals surface area contributed by atoms with Crippen LogP contribution in [0.1, 0.15) is 34.2 Å². The maximum Gasteiger partial charge on any atom is 0.246 e. The van der Waals surface area contributed by atoms with E-state index in [2.05, 4.69) is 36.3 Å². The average Bonchev–Trinajstić information content (AvgIpc) is 2.63. The molecule has 26 heavy (non-hydrogen) atoms. The number of hydrogen-bond donors (Lipinski definition) is 1. The summed E-state index contributed by atoms with van der Waals surface area (Å²) in [5.74, 6) is 0.560. The van der Waals surface area contributed by atoms with Gasteiger partial charge in [0.15, 0.2) is 0 Å². The van der Waals surface area contributed by atoms with Crippen molar-refractivity contribution in [3.05, 3.63) is 64.4 Å². The summed E-state index contributed by atoms with van der Waals surface area (Å²) in [7, 11) is 1.80. The maximum absolute atomic E-state index is 12.4. The first-order valence-electron chi connectivity index (χ1n) is 8.71. The molecule has 3 rings (SSSR count). The number of fused-ring (bicyclic) bond motifs is 1. The lowest BCUT2D eigenvalue weighted by Crippen LogP contribution is -2.24. The average molecular weight is 349 g/mol. The van der Waals surface area contributed by atoms with Gasteiger partial charge in [0.2, 0.25) is 11.8 Å². The summed E-state index contributed by atoms with van der Waals surface area (Å²) in [5, 5.41) is 2.76. The minimum absolute atomic E-state index is 0.00321. The van der Waals surface area contributed by atoms with E-state index < -0.39 is 0 Å². The van der Waals surface area contributed by atoms with Crippen molar-refractivity contribution in [1.82, 2.24) is 9.88 Å². The van der Waals surface area contributed by atoms with Crippen molar-refractivity contribution in [2.75, 3.05) is 12.4 Å². The third-order valence-electron chi connectivity index (χ3n) is 4.79. The number of likely N-dealkylation sites (N-methyl/N-ethyl adjacent to an activating group) is 1. The van der Waals surface area contributed by atoms with E-state index in [1.807, 2.05) is 12.1 Å². The number of carbonyl (C=O) groups excluding carboxylic acids is 2. The van der Waals surface area contributed by atoms with Gasteiger partial charge in [-0.2, -0.15) is 0 Å². The zero-order chi connectivity index (χ0) is 18.7. The van der Waals surface area contributed by atoms with Crippen molar-refractivity contribution in [2.24, 2.45) is 0 Å². The Bertz CT molecular complexity index is 887. The molecule has 2 aromatic rings. The molecular weight excluding hydrogens is 326 g/mol. The molecule has 0 fully saturated rings. The van der Waals surface area contributed by atoms with Crippen LogP contribution in [0.5, 0.6) is 0 Å². The lowest BCUT2D eigenvalue weighted by atomic mass is 10.0. The molecule has 0 radical (unpaired) electrons. The zero-order valence-corrected chi connectivity index (χ0v) is 15.4. The molecule has 5 heteroatoms. The van der Waals surface area contributed by atoms with Gasteiger partial charge in [-0.1, -0.05) is 18.2 Å². The Kier molecular flexibility index (Phi) is 5.16. The normalized spacial score (nSPS) is 13.4. The number of aryl methyl sites for hydroxylation is 2. The Hall–Kier alpha value is -2.95. The molecule has 0 bridgehead atoms. The number of amides is 2. The lowest BCUT2D eigenvalue weighted by Gasteiger charge is -2.18. The van der Waals surface area contributed by atoms with Crippen LogP contribution in [0.3, 0.4) is 0 Å². The van der Waals surface area contributed by atoms with Crippen molar-refractivity contribution in [3.63, 3.8) is 0 Å². The van der Waals surface area contributed by atoms with Gasteiger partial charge in [0.05, 0.1) is 0 Å². The van der Waals surface area contributed by atoms with E-state index in [9.17, 15) is 9.59 Å². The second-order valence-electron chi connectivity index (χ2n) is 6.71. The van der Waals surface area contributed by atoms with Gasteiger partial charge in [0, 0.05) is 32.3 Å². The van der Waals surface area contributed by atoms with E-state index in [-0.39, 0.29) is 11.8 Å². The van der Waals surface area contributed by atoms with Crippen molar-refractivity contribution in [3.8, 4) is 0 Å². The van der Waals surface area contributed by atoms with Gasteiger partial charge in [-0.15, -0.1) is 0 Å². The molecule has 0 spiro atoms. The van der Waals surface area contributed by atoms with E-state index in [0.29, 0.717) is 25.2 Å². The molecule has 0 atom stereocenters. The van der Waals surface area contributed by atoms with E-state index in [0.717, 1.165) is 16.7 Å². The quantitative estimate of drug-likeness (QED) is 0.862. The van der Waals surface area contributed by atoms with Crippen LogP contribution >= 0.6 is 0 Å².